The maximum Gasteiger partial charge on any atom is 0.341 e. The third kappa shape index (κ3) is 2.63. The smallest absolute Gasteiger partial charge is 0.341 e. The lowest BCUT2D eigenvalue weighted by Gasteiger charge is -2.02. The van der Waals surface area contributed by atoms with E-state index in [4.69, 9.17) is 4.74 Å². The summed E-state index contributed by atoms with van der Waals surface area (Å²) in [5.41, 5.74) is 1.01. The molecule has 0 saturated heterocycles. The normalized spacial score (nSPS) is 9.94. The van der Waals surface area contributed by atoms with Crippen molar-refractivity contribution >= 4 is 5.97 Å². The van der Waals surface area contributed by atoms with Crippen molar-refractivity contribution in [2.24, 2.45) is 0 Å². The number of pyridine rings is 1. The molecule has 0 spiro atoms. The molecule has 2 aromatic rings. The van der Waals surface area contributed by atoms with E-state index in [-0.39, 0.29) is 0 Å². The van der Waals surface area contributed by atoms with Gasteiger partial charge in [-0.1, -0.05) is 6.07 Å². The summed E-state index contributed by atoms with van der Waals surface area (Å²) in [7, 11) is 0. The first kappa shape index (κ1) is 11.2. The molecular weight excluding hydrogens is 218 g/mol. The van der Waals surface area contributed by atoms with E-state index in [1.54, 1.807) is 19.2 Å². The fourth-order valence-corrected chi connectivity index (χ4v) is 1.28. The van der Waals surface area contributed by atoms with Crippen molar-refractivity contribution in [1.29, 1.82) is 0 Å². The Morgan fingerprint density at radius 1 is 1.24 bits per heavy atom. The number of nitrogens with zero attached hydrogens (tertiary/aromatic N) is 3. The molecule has 0 radical (unpaired) electrons. The lowest BCUT2D eigenvalue weighted by atomic mass is 10.3. The summed E-state index contributed by atoms with van der Waals surface area (Å²) in [5.74, 6) is 0.0683. The van der Waals surface area contributed by atoms with Gasteiger partial charge in [-0.05, 0) is 19.1 Å². The zero-order valence-electron chi connectivity index (χ0n) is 9.33. The number of carbonyl (C=O) groups excluding carboxylic acids is 1. The number of hydrogen-bond acceptors (Lipinski definition) is 5. The van der Waals surface area contributed by atoms with Crippen LogP contribution in [0.2, 0.25) is 0 Å². The van der Waals surface area contributed by atoms with Crippen LogP contribution in [-0.2, 0) is 4.74 Å². The molecule has 0 bridgehead atoms. The number of rotatable bonds is 3. The Hall–Kier alpha value is -2.30. The van der Waals surface area contributed by atoms with Crippen LogP contribution in [0.4, 0.5) is 0 Å². The number of aromatic nitrogens is 3. The summed E-state index contributed by atoms with van der Waals surface area (Å²) in [6, 6.07) is 5.47. The van der Waals surface area contributed by atoms with Gasteiger partial charge in [0, 0.05) is 18.6 Å². The van der Waals surface area contributed by atoms with Crippen molar-refractivity contribution in [1.82, 2.24) is 15.0 Å². The van der Waals surface area contributed by atoms with E-state index in [0.29, 0.717) is 23.7 Å². The molecule has 2 aromatic heterocycles. The van der Waals surface area contributed by atoms with Crippen LogP contribution in [-0.4, -0.2) is 27.5 Å². The average Bonchev–Trinajstić information content (AvgIpc) is 2.40. The third-order valence-electron chi connectivity index (χ3n) is 2.06. The summed E-state index contributed by atoms with van der Waals surface area (Å²) >= 11 is 0. The number of ether oxygens (including phenoxy) is 1. The van der Waals surface area contributed by atoms with Gasteiger partial charge >= 0.3 is 5.97 Å². The quantitative estimate of drug-likeness (QED) is 0.750. The van der Waals surface area contributed by atoms with E-state index in [0.717, 1.165) is 0 Å². The van der Waals surface area contributed by atoms with Gasteiger partial charge in [0.15, 0.2) is 5.82 Å². The first-order chi connectivity index (χ1) is 8.31. The van der Waals surface area contributed by atoms with E-state index < -0.39 is 5.97 Å². The van der Waals surface area contributed by atoms with Gasteiger partial charge in [0.05, 0.1) is 12.2 Å². The maximum atomic E-state index is 11.4. The van der Waals surface area contributed by atoms with Crippen LogP contribution in [0.15, 0.2) is 36.8 Å². The van der Waals surface area contributed by atoms with Gasteiger partial charge in [-0.15, -0.1) is 0 Å². The van der Waals surface area contributed by atoms with Crippen molar-refractivity contribution in [3.05, 3.63) is 42.4 Å². The molecule has 2 rings (SSSR count). The molecule has 5 heteroatoms. The highest BCUT2D eigenvalue weighted by Gasteiger charge is 2.08. The summed E-state index contributed by atoms with van der Waals surface area (Å²) in [4.78, 5) is 23.6. The van der Waals surface area contributed by atoms with E-state index in [9.17, 15) is 4.79 Å². The third-order valence-corrected chi connectivity index (χ3v) is 2.06. The van der Waals surface area contributed by atoms with Gasteiger partial charge in [-0.3, -0.25) is 4.98 Å². The topological polar surface area (TPSA) is 65.0 Å². The summed E-state index contributed by atoms with van der Waals surface area (Å²) < 4.78 is 4.84. The van der Waals surface area contributed by atoms with E-state index in [2.05, 4.69) is 15.0 Å². The Kier molecular flexibility index (Phi) is 3.40. The summed E-state index contributed by atoms with van der Waals surface area (Å²) in [5, 5.41) is 0. The van der Waals surface area contributed by atoms with Crippen molar-refractivity contribution < 1.29 is 9.53 Å². The maximum absolute atomic E-state index is 11.4. The molecule has 86 valence electrons. The first-order valence-corrected chi connectivity index (χ1v) is 5.22. The molecule has 0 atom stereocenters. The van der Waals surface area contributed by atoms with Crippen molar-refractivity contribution in [3.8, 4) is 11.5 Å². The largest absolute Gasteiger partial charge is 0.462 e. The molecule has 0 fully saturated rings. The summed E-state index contributed by atoms with van der Waals surface area (Å²) in [6.45, 7) is 2.09. The second-order valence-electron chi connectivity index (χ2n) is 3.23. The Morgan fingerprint density at radius 2 is 2.00 bits per heavy atom. The summed E-state index contributed by atoms with van der Waals surface area (Å²) in [6.07, 6.45) is 4.54. The van der Waals surface area contributed by atoms with Crippen LogP contribution in [0.5, 0.6) is 0 Å². The molecule has 0 unspecified atom stereocenters. The zero-order valence-corrected chi connectivity index (χ0v) is 9.33. The van der Waals surface area contributed by atoms with E-state index in [1.807, 2.05) is 12.1 Å². The lowest BCUT2D eigenvalue weighted by molar-refractivity contribution is 0.0525. The van der Waals surface area contributed by atoms with Crippen molar-refractivity contribution in [2.75, 3.05) is 6.61 Å². The fraction of sp³-hybridized carbons (Fsp3) is 0.167. The van der Waals surface area contributed by atoms with Gasteiger partial charge in [0.1, 0.15) is 5.69 Å². The van der Waals surface area contributed by atoms with Crippen LogP contribution < -0.4 is 0 Å². The number of esters is 1. The standard InChI is InChI=1S/C12H11N3O2/c1-2-17-12(16)9-7-14-11(15-8-9)10-5-3-4-6-13-10/h3-8H,2H2,1H3. The van der Waals surface area contributed by atoms with Crippen molar-refractivity contribution in [3.63, 3.8) is 0 Å². The second kappa shape index (κ2) is 5.16. The van der Waals surface area contributed by atoms with Crippen LogP contribution in [0.3, 0.4) is 0 Å². The van der Waals surface area contributed by atoms with Gasteiger partial charge in [-0.25, -0.2) is 14.8 Å². The minimum Gasteiger partial charge on any atom is -0.462 e. The monoisotopic (exact) mass is 229 g/mol. The van der Waals surface area contributed by atoms with Crippen molar-refractivity contribution in [2.45, 2.75) is 6.92 Å². The molecule has 0 saturated carbocycles. The highest BCUT2D eigenvalue weighted by atomic mass is 16.5. The molecule has 0 aliphatic carbocycles. The van der Waals surface area contributed by atoms with Gasteiger partial charge in [-0.2, -0.15) is 0 Å². The molecule has 0 aliphatic heterocycles. The number of hydrogen-bond donors (Lipinski definition) is 0. The van der Waals surface area contributed by atoms with E-state index in [1.165, 1.54) is 12.4 Å². The SMILES string of the molecule is CCOC(=O)c1cnc(-c2ccccn2)nc1. The molecule has 0 amide bonds. The molecule has 2 heterocycles. The minimum atomic E-state index is -0.417. The van der Waals surface area contributed by atoms with Crippen LogP contribution in [0.25, 0.3) is 11.5 Å². The van der Waals surface area contributed by atoms with Gasteiger partial charge in [0.25, 0.3) is 0 Å². The Balaban J connectivity index is 2.22. The Bertz CT molecular complexity index is 497. The Labute approximate surface area is 98.5 Å². The average molecular weight is 229 g/mol. The molecular formula is C12H11N3O2. The fourth-order valence-electron chi connectivity index (χ4n) is 1.28. The molecule has 0 aliphatic rings. The first-order valence-electron chi connectivity index (χ1n) is 5.22. The van der Waals surface area contributed by atoms with Crippen LogP contribution >= 0.6 is 0 Å². The highest BCUT2D eigenvalue weighted by molar-refractivity contribution is 5.88. The van der Waals surface area contributed by atoms with E-state index >= 15 is 0 Å². The van der Waals surface area contributed by atoms with Crippen LogP contribution in [0, 0.1) is 0 Å². The molecule has 0 N–H and O–H groups in total. The second-order valence-corrected chi connectivity index (χ2v) is 3.23. The molecule has 17 heavy (non-hydrogen) atoms. The number of carbonyl (C=O) groups is 1. The Morgan fingerprint density at radius 3 is 2.59 bits per heavy atom. The molecule has 0 aromatic carbocycles. The predicted molar refractivity (Wildman–Crippen MR) is 61.2 cm³/mol. The highest BCUT2D eigenvalue weighted by Crippen LogP contribution is 2.10. The predicted octanol–water partition coefficient (Wildman–Crippen LogP) is 1.72. The minimum absolute atomic E-state index is 0.334. The van der Waals surface area contributed by atoms with Gasteiger partial charge < -0.3 is 4.74 Å². The van der Waals surface area contributed by atoms with Crippen LogP contribution in [0.1, 0.15) is 17.3 Å². The van der Waals surface area contributed by atoms with Gasteiger partial charge in [0.2, 0.25) is 0 Å². The zero-order chi connectivity index (χ0) is 12.1. The molecule has 5 nitrogen and oxygen atoms in total. The lowest BCUT2D eigenvalue weighted by Crippen LogP contribution is -2.06.